The van der Waals surface area contributed by atoms with Crippen molar-refractivity contribution < 1.29 is 22.2 Å². The van der Waals surface area contributed by atoms with Gasteiger partial charge >= 0.3 is 17.1 Å². The van der Waals surface area contributed by atoms with Crippen molar-refractivity contribution in [3.63, 3.8) is 0 Å². The number of aliphatic hydroxyl groups excluding tert-OH is 1. The van der Waals surface area contributed by atoms with E-state index in [1.165, 1.54) is 70.6 Å². The van der Waals surface area contributed by atoms with Crippen LogP contribution in [0, 0.1) is 62.2 Å². The Hall–Kier alpha value is -1.82. The predicted octanol–water partition coefficient (Wildman–Crippen LogP) is 9.13. The molecule has 7 rings (SSSR count). The average Bonchev–Trinajstić information content (AvgIpc) is 3.99. The summed E-state index contributed by atoms with van der Waals surface area (Å²) in [6.45, 7) is 3.86. The number of unbranched alkanes of at least 4 members (excludes halogenated alkanes) is 2. The van der Waals surface area contributed by atoms with Gasteiger partial charge in [-0.25, -0.2) is 0 Å². The molecule has 51 heavy (non-hydrogen) atoms. The molecule has 3 aliphatic carbocycles. The first-order valence-electron chi connectivity index (χ1n) is 18.4. The van der Waals surface area contributed by atoms with Gasteiger partial charge in [0, 0.05) is 35.9 Å². The standard InChI is InChI=1S/C29H37NOP.C17H14P.Fe/c1-24(30(22-11-4-12-23-31)25-14-9-10-15-25)28-20-13-21-29(28)32(26-16-5-2-6-17-26)27-18-7-3-8-19-27;1-3-9-15(10-4-1)18(17-13-7-8-14-17)16-11-5-2-6-12-16;/h2-3,5-8,13,16-21,24-25,31H,4,9-12,14-15,22-23H2,1H3;1-14H;/q;;+2/t24-;;/m1../s1. The van der Waals surface area contributed by atoms with Crippen LogP contribution in [0.5, 0.6) is 0 Å². The number of hydrogen-bond acceptors (Lipinski definition) is 2. The molecule has 0 heterocycles. The van der Waals surface area contributed by atoms with Crippen molar-refractivity contribution in [2.24, 2.45) is 0 Å². The molecule has 1 atom stereocenters. The molecule has 2 nitrogen and oxygen atoms in total. The van der Waals surface area contributed by atoms with E-state index in [0.29, 0.717) is 18.7 Å². The molecule has 0 spiro atoms. The van der Waals surface area contributed by atoms with Crippen LogP contribution in [0.25, 0.3) is 0 Å². The van der Waals surface area contributed by atoms with Crippen LogP contribution in [0.2, 0.25) is 0 Å². The largest absolute Gasteiger partial charge is 2.00 e. The fraction of sp³-hybridized carbons (Fsp3) is 0.261. The van der Waals surface area contributed by atoms with Crippen molar-refractivity contribution in [3.05, 3.63) is 184 Å². The van der Waals surface area contributed by atoms with Crippen molar-refractivity contribution in [1.29, 1.82) is 0 Å². The van der Waals surface area contributed by atoms with E-state index in [9.17, 15) is 5.11 Å². The minimum atomic E-state index is -0.577. The first-order chi connectivity index (χ1) is 24.7. The third-order valence-corrected chi connectivity index (χ3v) is 14.8. The molecule has 0 unspecified atom stereocenters. The Morgan fingerprint density at radius 3 is 1.53 bits per heavy atom. The second kappa shape index (κ2) is 21.8. The van der Waals surface area contributed by atoms with Crippen LogP contribution in [0.4, 0.5) is 0 Å². The maximum absolute atomic E-state index is 9.20. The fourth-order valence-electron chi connectivity index (χ4n) is 7.37. The number of benzene rings is 4. The third-order valence-electron chi connectivity index (χ3n) is 9.84. The Bertz CT molecular complexity index is 1400. The van der Waals surface area contributed by atoms with Crippen LogP contribution in [0.15, 0.2) is 121 Å². The van der Waals surface area contributed by atoms with Crippen molar-refractivity contribution in [3.8, 4) is 0 Å². The molecule has 3 aliphatic rings. The van der Waals surface area contributed by atoms with Gasteiger partial charge in [0.25, 0.3) is 0 Å². The zero-order valence-electron chi connectivity index (χ0n) is 29.7. The molecule has 0 amide bonds. The second-order valence-corrected chi connectivity index (χ2v) is 17.6. The van der Waals surface area contributed by atoms with Gasteiger partial charge < -0.3 is 5.11 Å². The van der Waals surface area contributed by atoms with Gasteiger partial charge in [0.1, 0.15) is 0 Å². The van der Waals surface area contributed by atoms with Crippen LogP contribution >= 0.6 is 15.8 Å². The average molecular weight is 752 g/mol. The topological polar surface area (TPSA) is 23.5 Å². The van der Waals surface area contributed by atoms with E-state index in [1.54, 1.807) is 0 Å². The Kier molecular flexibility index (Phi) is 17.2. The molecule has 0 saturated heterocycles. The monoisotopic (exact) mass is 751 g/mol. The quantitative estimate of drug-likeness (QED) is 0.0790. The van der Waals surface area contributed by atoms with E-state index in [2.05, 4.69) is 178 Å². The first kappa shape index (κ1) is 40.4. The molecule has 5 heteroatoms. The minimum Gasteiger partial charge on any atom is -0.396 e. The number of hydrogen-bond donors (Lipinski definition) is 1. The minimum absolute atomic E-state index is 0. The van der Waals surface area contributed by atoms with Crippen molar-refractivity contribution >= 4 is 37.1 Å². The zero-order valence-corrected chi connectivity index (χ0v) is 32.6. The van der Waals surface area contributed by atoms with Gasteiger partial charge in [-0.1, -0.05) is 134 Å². The Labute approximate surface area is 323 Å². The van der Waals surface area contributed by atoms with E-state index >= 15 is 0 Å². The van der Waals surface area contributed by atoms with Gasteiger partial charge in [-0.3, -0.25) is 4.90 Å². The van der Waals surface area contributed by atoms with Gasteiger partial charge in [0.2, 0.25) is 0 Å². The van der Waals surface area contributed by atoms with E-state index in [4.69, 9.17) is 0 Å². The SMILES string of the molecule is C[C@H]([C]1[CH][CH][CH][C]1P(c1ccccc1)c1ccccc1)N(CCCCCO)C1CCCC1.[CH]1[CH][CH][C](P(c2ccccc2)c2ccccc2)[CH]1.[Fe+2]. The van der Waals surface area contributed by atoms with Crippen LogP contribution in [0.1, 0.15) is 51.9 Å². The van der Waals surface area contributed by atoms with Gasteiger partial charge in [-0.05, 0) is 128 Å². The Balaban J connectivity index is 0.000000224. The number of rotatable bonds is 14. The van der Waals surface area contributed by atoms with Crippen LogP contribution in [-0.2, 0) is 17.1 Å². The molecule has 0 aliphatic heterocycles. The van der Waals surface area contributed by atoms with Crippen molar-refractivity contribution in [2.45, 2.75) is 64.0 Å². The normalized spacial score (nSPS) is 17.9. The number of nitrogens with zero attached hydrogens (tertiary/aromatic N) is 1. The molecule has 4 aromatic carbocycles. The van der Waals surface area contributed by atoms with Crippen LogP contribution in [-0.4, -0.2) is 35.2 Å². The molecule has 3 fully saturated rings. The second-order valence-electron chi connectivity index (χ2n) is 13.2. The summed E-state index contributed by atoms with van der Waals surface area (Å²) in [4.78, 5) is 2.78. The zero-order chi connectivity index (χ0) is 34.4. The first-order valence-corrected chi connectivity index (χ1v) is 21.1. The molecule has 1 N–H and O–H groups in total. The van der Waals surface area contributed by atoms with E-state index in [-0.39, 0.29) is 17.1 Å². The summed E-state index contributed by atoms with van der Waals surface area (Å²) in [6, 6.07) is 44.8. The summed E-state index contributed by atoms with van der Waals surface area (Å²) < 4.78 is 0. The fourth-order valence-corrected chi connectivity index (χ4v) is 12.2. The molecule has 4 aromatic rings. The Morgan fingerprint density at radius 2 is 1.06 bits per heavy atom. The molecule has 10 radical (unpaired) electrons. The molecule has 3 saturated carbocycles. The summed E-state index contributed by atoms with van der Waals surface area (Å²) in [5.41, 5.74) is 2.92. The summed E-state index contributed by atoms with van der Waals surface area (Å²) in [7, 11) is -0.986. The predicted molar refractivity (Wildman–Crippen MR) is 217 cm³/mol. The van der Waals surface area contributed by atoms with Gasteiger partial charge in [-0.2, -0.15) is 0 Å². The van der Waals surface area contributed by atoms with Crippen LogP contribution < -0.4 is 21.2 Å². The molecular weight excluding hydrogens is 700 g/mol. The van der Waals surface area contributed by atoms with Gasteiger partial charge in [0.05, 0.1) is 0 Å². The van der Waals surface area contributed by atoms with Gasteiger partial charge in [-0.15, -0.1) is 0 Å². The van der Waals surface area contributed by atoms with E-state index < -0.39 is 15.8 Å². The molecule has 0 bridgehead atoms. The van der Waals surface area contributed by atoms with Crippen LogP contribution in [0.3, 0.4) is 0 Å². The maximum atomic E-state index is 9.20. The Morgan fingerprint density at radius 1 is 0.588 bits per heavy atom. The summed E-state index contributed by atoms with van der Waals surface area (Å²) in [5.74, 6) is 1.50. The molecular formula is C46H51FeNOP2+2. The smallest absolute Gasteiger partial charge is 0.396 e. The molecule has 0 aromatic heterocycles. The van der Waals surface area contributed by atoms with E-state index in [0.717, 1.165) is 19.4 Å². The van der Waals surface area contributed by atoms with Gasteiger partial charge in [0.15, 0.2) is 0 Å². The summed E-state index contributed by atoms with van der Waals surface area (Å²) in [5, 5.41) is 14.9. The van der Waals surface area contributed by atoms with Crippen molar-refractivity contribution in [2.75, 3.05) is 13.2 Å². The third kappa shape index (κ3) is 11.1. The molecule has 262 valence electrons. The summed E-state index contributed by atoms with van der Waals surface area (Å²) >= 11 is 0. The summed E-state index contributed by atoms with van der Waals surface area (Å²) in [6.07, 6.45) is 24.3. The van der Waals surface area contributed by atoms with E-state index in [1.807, 2.05) is 0 Å². The number of aliphatic hydroxyl groups is 1. The maximum Gasteiger partial charge on any atom is 2.00 e. The van der Waals surface area contributed by atoms with Crippen molar-refractivity contribution in [1.82, 2.24) is 4.90 Å².